The minimum atomic E-state index is -0.864. The predicted molar refractivity (Wildman–Crippen MR) is 106 cm³/mol. The Morgan fingerprint density at radius 1 is 0.885 bits per heavy atom. The van der Waals surface area contributed by atoms with Crippen LogP contribution in [0.5, 0.6) is 0 Å². The first-order chi connectivity index (χ1) is 12.4. The Balaban J connectivity index is 1.75. The maximum atomic E-state index is 10.3. The van der Waals surface area contributed by atoms with E-state index in [1.54, 1.807) is 13.8 Å². The Bertz CT molecular complexity index is 1080. The van der Waals surface area contributed by atoms with Gasteiger partial charge in [-0.3, -0.25) is 0 Å². The number of halogens is 1. The second-order valence-corrected chi connectivity index (χ2v) is 7.39. The van der Waals surface area contributed by atoms with Gasteiger partial charge in [-0.25, -0.2) is 4.98 Å². The van der Waals surface area contributed by atoms with Crippen LogP contribution in [0.15, 0.2) is 73.1 Å². The van der Waals surface area contributed by atoms with Crippen molar-refractivity contribution in [3.05, 3.63) is 83.6 Å². The molecule has 0 aliphatic heterocycles. The van der Waals surface area contributed by atoms with Crippen molar-refractivity contribution in [1.82, 2.24) is 9.38 Å². The number of imidazole rings is 1. The van der Waals surface area contributed by atoms with E-state index in [4.69, 9.17) is 11.6 Å². The van der Waals surface area contributed by atoms with Gasteiger partial charge in [-0.2, -0.15) is 0 Å². The number of nitrogens with zero attached hydrogens (tertiary/aromatic N) is 2. The molecule has 3 nitrogen and oxygen atoms in total. The normalized spacial score (nSPS) is 11.8. The maximum absolute atomic E-state index is 10.3. The molecule has 2 aromatic heterocycles. The fourth-order valence-electron chi connectivity index (χ4n) is 3.00. The van der Waals surface area contributed by atoms with Crippen molar-refractivity contribution < 1.29 is 5.11 Å². The van der Waals surface area contributed by atoms with E-state index < -0.39 is 5.60 Å². The van der Waals surface area contributed by atoms with Crippen LogP contribution >= 0.6 is 11.6 Å². The van der Waals surface area contributed by atoms with Crippen molar-refractivity contribution in [2.24, 2.45) is 0 Å². The third-order valence-corrected chi connectivity index (χ3v) is 4.75. The highest BCUT2D eigenvalue weighted by Crippen LogP contribution is 2.27. The summed E-state index contributed by atoms with van der Waals surface area (Å²) in [6, 6.07) is 19.7. The van der Waals surface area contributed by atoms with Crippen LogP contribution in [0.2, 0.25) is 5.02 Å². The molecule has 0 radical (unpaired) electrons. The number of hydrogen-bond acceptors (Lipinski definition) is 2. The van der Waals surface area contributed by atoms with Gasteiger partial charge >= 0.3 is 0 Å². The van der Waals surface area contributed by atoms with Gasteiger partial charge in [-0.05, 0) is 60.9 Å². The zero-order valence-electron chi connectivity index (χ0n) is 14.6. The fourth-order valence-corrected chi connectivity index (χ4v) is 3.13. The number of fused-ring (bicyclic) bond motifs is 1. The Morgan fingerprint density at radius 2 is 1.62 bits per heavy atom. The van der Waals surface area contributed by atoms with Crippen LogP contribution in [-0.4, -0.2) is 14.5 Å². The van der Waals surface area contributed by atoms with Crippen molar-refractivity contribution in [1.29, 1.82) is 0 Å². The first kappa shape index (κ1) is 16.8. The minimum Gasteiger partial charge on any atom is -0.386 e. The standard InChI is InChI=1S/C22H19ClN2O/c1-22(2,26)18-5-3-4-16(12-18)17-8-11-21-24-20(14-25(21)13-17)15-6-9-19(23)10-7-15/h3-14,26H,1-2H3. The molecule has 0 aliphatic carbocycles. The molecule has 4 aromatic rings. The van der Waals surface area contributed by atoms with Crippen molar-refractivity contribution >= 4 is 17.2 Å². The second-order valence-electron chi connectivity index (χ2n) is 6.96. The number of rotatable bonds is 3. The van der Waals surface area contributed by atoms with Gasteiger partial charge in [0.1, 0.15) is 5.65 Å². The van der Waals surface area contributed by atoms with Gasteiger partial charge < -0.3 is 9.51 Å². The third-order valence-electron chi connectivity index (χ3n) is 4.49. The van der Waals surface area contributed by atoms with Crippen LogP contribution in [0.4, 0.5) is 0 Å². The predicted octanol–water partition coefficient (Wildman–Crippen LogP) is 5.55. The van der Waals surface area contributed by atoms with Crippen LogP contribution in [0.1, 0.15) is 19.4 Å². The largest absolute Gasteiger partial charge is 0.386 e. The molecule has 0 saturated heterocycles. The lowest BCUT2D eigenvalue weighted by Gasteiger charge is -2.18. The number of pyridine rings is 1. The lowest BCUT2D eigenvalue weighted by molar-refractivity contribution is 0.0786. The van der Waals surface area contributed by atoms with E-state index in [2.05, 4.69) is 17.2 Å². The molecule has 4 heteroatoms. The highest BCUT2D eigenvalue weighted by atomic mass is 35.5. The van der Waals surface area contributed by atoms with E-state index in [1.807, 2.05) is 65.2 Å². The first-order valence-corrected chi connectivity index (χ1v) is 8.86. The molecular formula is C22H19ClN2O. The number of hydrogen-bond donors (Lipinski definition) is 1. The average Bonchev–Trinajstić information content (AvgIpc) is 3.05. The van der Waals surface area contributed by atoms with Crippen LogP contribution in [0.3, 0.4) is 0 Å². The van der Waals surface area contributed by atoms with E-state index in [0.29, 0.717) is 5.02 Å². The summed E-state index contributed by atoms with van der Waals surface area (Å²) in [6.07, 6.45) is 4.08. The zero-order valence-corrected chi connectivity index (χ0v) is 15.4. The van der Waals surface area contributed by atoms with Gasteiger partial charge in [-0.1, -0.05) is 41.9 Å². The van der Waals surface area contributed by atoms with Gasteiger partial charge in [0.2, 0.25) is 0 Å². The van der Waals surface area contributed by atoms with Crippen LogP contribution in [0.25, 0.3) is 28.0 Å². The molecule has 1 N–H and O–H groups in total. The Labute approximate surface area is 157 Å². The Morgan fingerprint density at radius 3 is 2.35 bits per heavy atom. The summed E-state index contributed by atoms with van der Waals surface area (Å²) in [5.41, 5.74) is 4.99. The van der Waals surface area contributed by atoms with Gasteiger partial charge in [0.15, 0.2) is 0 Å². The van der Waals surface area contributed by atoms with Gasteiger partial charge in [0.25, 0.3) is 0 Å². The lowest BCUT2D eigenvalue weighted by Crippen LogP contribution is -2.15. The monoisotopic (exact) mass is 362 g/mol. The Hall–Kier alpha value is -2.62. The quantitative estimate of drug-likeness (QED) is 0.519. The first-order valence-electron chi connectivity index (χ1n) is 8.48. The van der Waals surface area contributed by atoms with Crippen LogP contribution in [-0.2, 0) is 5.60 Å². The van der Waals surface area contributed by atoms with Crippen molar-refractivity contribution in [2.45, 2.75) is 19.4 Å². The summed E-state index contributed by atoms with van der Waals surface area (Å²) in [7, 11) is 0. The average molecular weight is 363 g/mol. The van der Waals surface area contributed by atoms with E-state index >= 15 is 0 Å². The highest BCUT2D eigenvalue weighted by Gasteiger charge is 2.16. The summed E-state index contributed by atoms with van der Waals surface area (Å²) >= 11 is 5.97. The van der Waals surface area contributed by atoms with Gasteiger partial charge in [0, 0.05) is 23.0 Å². The third kappa shape index (κ3) is 3.24. The van der Waals surface area contributed by atoms with Crippen molar-refractivity contribution in [2.75, 3.05) is 0 Å². The fraction of sp³-hybridized carbons (Fsp3) is 0.136. The molecular weight excluding hydrogens is 344 g/mol. The minimum absolute atomic E-state index is 0.714. The van der Waals surface area contributed by atoms with Gasteiger partial charge in [-0.15, -0.1) is 0 Å². The molecule has 0 atom stereocenters. The van der Waals surface area contributed by atoms with Crippen LogP contribution < -0.4 is 0 Å². The smallest absolute Gasteiger partial charge is 0.137 e. The SMILES string of the molecule is CC(C)(O)c1cccc(-c2ccc3nc(-c4ccc(Cl)cc4)cn3c2)c1. The number of aliphatic hydroxyl groups is 1. The van der Waals surface area contributed by atoms with Crippen LogP contribution in [0, 0.1) is 0 Å². The van der Waals surface area contributed by atoms with E-state index in [1.165, 1.54) is 0 Å². The van der Waals surface area contributed by atoms with E-state index in [-0.39, 0.29) is 0 Å². The topological polar surface area (TPSA) is 37.5 Å². The summed E-state index contributed by atoms with van der Waals surface area (Å²) in [5.74, 6) is 0. The molecule has 2 heterocycles. The molecule has 0 unspecified atom stereocenters. The molecule has 26 heavy (non-hydrogen) atoms. The van der Waals surface area contributed by atoms with Crippen molar-refractivity contribution in [3.63, 3.8) is 0 Å². The summed E-state index contributed by atoms with van der Waals surface area (Å²) in [4.78, 5) is 4.68. The molecule has 130 valence electrons. The number of aromatic nitrogens is 2. The molecule has 0 spiro atoms. The lowest BCUT2D eigenvalue weighted by atomic mass is 9.95. The molecule has 0 aliphatic rings. The molecule has 0 saturated carbocycles. The molecule has 0 amide bonds. The summed E-state index contributed by atoms with van der Waals surface area (Å²) < 4.78 is 2.02. The van der Waals surface area contributed by atoms with E-state index in [0.717, 1.165) is 33.6 Å². The molecule has 0 bridgehead atoms. The summed E-state index contributed by atoms with van der Waals surface area (Å²) in [6.45, 7) is 3.59. The van der Waals surface area contributed by atoms with Crippen molar-refractivity contribution in [3.8, 4) is 22.4 Å². The number of benzene rings is 2. The van der Waals surface area contributed by atoms with E-state index in [9.17, 15) is 5.11 Å². The Kier molecular flexibility index (Phi) is 4.06. The molecule has 4 rings (SSSR count). The molecule has 0 fully saturated rings. The highest BCUT2D eigenvalue weighted by molar-refractivity contribution is 6.30. The maximum Gasteiger partial charge on any atom is 0.137 e. The zero-order chi connectivity index (χ0) is 18.3. The second kappa shape index (κ2) is 6.27. The molecule has 2 aromatic carbocycles. The van der Waals surface area contributed by atoms with Gasteiger partial charge in [0.05, 0.1) is 11.3 Å². The summed E-state index contributed by atoms with van der Waals surface area (Å²) in [5, 5.41) is 11.0.